The van der Waals surface area contributed by atoms with Crippen LogP contribution in [-0.2, 0) is 16.0 Å². The van der Waals surface area contributed by atoms with Crippen molar-refractivity contribution in [2.75, 3.05) is 7.11 Å². The average molecular weight is 310 g/mol. The zero-order chi connectivity index (χ0) is 16.6. The van der Waals surface area contributed by atoms with Crippen LogP contribution in [0.25, 0.3) is 6.08 Å². The molecule has 0 amide bonds. The number of methoxy groups -OCH3 is 1. The van der Waals surface area contributed by atoms with Crippen molar-refractivity contribution < 1.29 is 24.5 Å². The van der Waals surface area contributed by atoms with Gasteiger partial charge in [0.25, 0.3) is 0 Å². The molecule has 0 radical (unpaired) electrons. The number of hydrogen-bond acceptors (Lipinski definition) is 5. The summed E-state index contributed by atoms with van der Waals surface area (Å²) in [6.45, 7) is 0. The summed E-state index contributed by atoms with van der Waals surface area (Å²) < 4.78 is 4.50. The van der Waals surface area contributed by atoms with Gasteiger partial charge in [0.1, 0.15) is 11.5 Å². The number of phenolic OH excluding ortho intramolecular Hbond substituents is 2. The molecule has 2 aromatic rings. The molecular formula is C18H14O5. The maximum atomic E-state index is 12.7. The molecule has 23 heavy (non-hydrogen) atoms. The Bertz CT molecular complexity index is 849. The Balaban J connectivity index is 2.10. The molecule has 0 saturated heterocycles. The van der Waals surface area contributed by atoms with Gasteiger partial charge in [-0.05, 0) is 29.7 Å². The van der Waals surface area contributed by atoms with E-state index in [-0.39, 0.29) is 22.6 Å². The quantitative estimate of drug-likeness (QED) is 0.561. The van der Waals surface area contributed by atoms with E-state index in [1.807, 2.05) is 0 Å². The van der Waals surface area contributed by atoms with Gasteiger partial charge < -0.3 is 14.9 Å². The minimum Gasteiger partial charge on any atom is -0.507 e. The Morgan fingerprint density at radius 2 is 1.87 bits per heavy atom. The van der Waals surface area contributed by atoms with Crippen LogP contribution < -0.4 is 0 Å². The highest BCUT2D eigenvalue weighted by atomic mass is 16.5. The van der Waals surface area contributed by atoms with Gasteiger partial charge in [0.2, 0.25) is 5.78 Å². The maximum absolute atomic E-state index is 12.7. The lowest BCUT2D eigenvalue weighted by atomic mass is 9.83. The molecule has 5 nitrogen and oxygen atoms in total. The number of fused-ring (bicyclic) bond motifs is 2. The topological polar surface area (TPSA) is 83.8 Å². The number of carbonyl (C=O) groups excluding carboxylic acids is 2. The Morgan fingerprint density at radius 3 is 2.61 bits per heavy atom. The fourth-order valence-electron chi connectivity index (χ4n) is 2.74. The predicted octanol–water partition coefficient (Wildman–Crippen LogP) is 2.42. The number of hydrogen-bond donors (Lipinski definition) is 2. The van der Waals surface area contributed by atoms with E-state index in [2.05, 4.69) is 4.74 Å². The van der Waals surface area contributed by atoms with Gasteiger partial charge in [-0.1, -0.05) is 24.3 Å². The summed E-state index contributed by atoms with van der Waals surface area (Å²) in [5.74, 6) is -1.30. The van der Waals surface area contributed by atoms with Crippen molar-refractivity contribution in [1.82, 2.24) is 0 Å². The monoisotopic (exact) mass is 310 g/mol. The van der Waals surface area contributed by atoms with E-state index in [4.69, 9.17) is 0 Å². The van der Waals surface area contributed by atoms with Gasteiger partial charge in [0.05, 0.1) is 18.2 Å². The Hall–Kier alpha value is -3.08. The summed E-state index contributed by atoms with van der Waals surface area (Å²) in [5.41, 5.74) is 2.11. The molecule has 0 heterocycles. The molecule has 0 aliphatic heterocycles. The van der Waals surface area contributed by atoms with E-state index in [9.17, 15) is 19.8 Å². The largest absolute Gasteiger partial charge is 0.507 e. The third-order valence-electron chi connectivity index (χ3n) is 3.86. The van der Waals surface area contributed by atoms with Crippen molar-refractivity contribution >= 4 is 17.8 Å². The second-order valence-corrected chi connectivity index (χ2v) is 5.21. The van der Waals surface area contributed by atoms with Crippen LogP contribution in [0.3, 0.4) is 0 Å². The minimum atomic E-state index is -0.559. The van der Waals surface area contributed by atoms with E-state index in [1.54, 1.807) is 24.3 Å². The number of rotatable bonds is 2. The van der Waals surface area contributed by atoms with Crippen molar-refractivity contribution in [2.24, 2.45) is 0 Å². The molecule has 0 unspecified atom stereocenters. The molecule has 2 N–H and O–H groups in total. The van der Waals surface area contributed by atoms with Crippen LogP contribution in [0.2, 0.25) is 0 Å². The Kier molecular flexibility index (Phi) is 3.62. The van der Waals surface area contributed by atoms with E-state index in [0.717, 1.165) is 5.56 Å². The summed E-state index contributed by atoms with van der Waals surface area (Å²) in [7, 11) is 1.25. The summed E-state index contributed by atoms with van der Waals surface area (Å²) in [6.07, 6.45) is 2.99. The van der Waals surface area contributed by atoms with Crippen molar-refractivity contribution in [3.63, 3.8) is 0 Å². The van der Waals surface area contributed by atoms with Crippen LogP contribution in [-0.4, -0.2) is 29.1 Å². The minimum absolute atomic E-state index is 0.104. The number of ether oxygens (including phenoxy) is 1. The first-order chi connectivity index (χ1) is 11.0. The second-order valence-electron chi connectivity index (χ2n) is 5.21. The Labute approximate surface area is 132 Å². The van der Waals surface area contributed by atoms with Crippen molar-refractivity contribution in [3.8, 4) is 11.5 Å². The molecular weight excluding hydrogens is 296 g/mol. The van der Waals surface area contributed by atoms with E-state index in [0.29, 0.717) is 17.5 Å². The van der Waals surface area contributed by atoms with Crippen LogP contribution in [0.1, 0.15) is 32.6 Å². The molecule has 0 saturated carbocycles. The van der Waals surface area contributed by atoms with Crippen LogP contribution in [0.15, 0.2) is 36.4 Å². The standard InChI is InChI=1S/C18H14O5/c1-23-14(20)8-7-10-5-6-12-9-11-3-2-4-13(19)15(11)18(22)16(12)17(10)21/h2-8,19,21H,9H2,1H3. The van der Waals surface area contributed by atoms with E-state index < -0.39 is 11.8 Å². The van der Waals surface area contributed by atoms with Gasteiger partial charge in [-0.2, -0.15) is 0 Å². The number of phenols is 2. The van der Waals surface area contributed by atoms with Crippen LogP contribution in [0.5, 0.6) is 11.5 Å². The van der Waals surface area contributed by atoms with Crippen LogP contribution in [0.4, 0.5) is 0 Å². The summed E-state index contributed by atoms with van der Waals surface area (Å²) in [4.78, 5) is 23.8. The molecule has 116 valence electrons. The third kappa shape index (κ3) is 2.46. The zero-order valence-electron chi connectivity index (χ0n) is 12.4. The van der Waals surface area contributed by atoms with Gasteiger partial charge in [-0.25, -0.2) is 4.79 Å². The Morgan fingerprint density at radius 1 is 1.13 bits per heavy atom. The first kappa shape index (κ1) is 14.8. The van der Waals surface area contributed by atoms with E-state index in [1.165, 1.54) is 25.3 Å². The summed E-state index contributed by atoms with van der Waals surface area (Å²) >= 11 is 0. The molecule has 0 spiro atoms. The molecule has 0 atom stereocenters. The SMILES string of the molecule is COC(=O)C=Cc1ccc2c(c1O)C(=O)c1c(O)cccc1C2. The van der Waals surface area contributed by atoms with Gasteiger partial charge >= 0.3 is 5.97 Å². The highest BCUT2D eigenvalue weighted by Crippen LogP contribution is 2.38. The number of ketones is 1. The molecule has 0 aromatic heterocycles. The second kappa shape index (κ2) is 5.61. The molecule has 0 bridgehead atoms. The third-order valence-corrected chi connectivity index (χ3v) is 3.86. The lowest BCUT2D eigenvalue weighted by Gasteiger charge is -2.21. The number of carbonyl (C=O) groups is 2. The molecule has 0 fully saturated rings. The molecule has 5 heteroatoms. The highest BCUT2D eigenvalue weighted by Gasteiger charge is 2.29. The maximum Gasteiger partial charge on any atom is 0.330 e. The predicted molar refractivity (Wildman–Crippen MR) is 83.5 cm³/mol. The lowest BCUT2D eigenvalue weighted by molar-refractivity contribution is -0.134. The highest BCUT2D eigenvalue weighted by molar-refractivity contribution is 6.16. The van der Waals surface area contributed by atoms with Crippen molar-refractivity contribution in [3.05, 3.63) is 64.2 Å². The molecule has 1 aliphatic carbocycles. The van der Waals surface area contributed by atoms with E-state index >= 15 is 0 Å². The fraction of sp³-hybridized carbons (Fsp3) is 0.111. The van der Waals surface area contributed by atoms with Gasteiger partial charge in [-0.3, -0.25) is 4.79 Å². The average Bonchev–Trinajstić information content (AvgIpc) is 2.53. The molecule has 1 aliphatic rings. The molecule has 3 rings (SSSR count). The first-order valence-electron chi connectivity index (χ1n) is 6.99. The summed E-state index contributed by atoms with van der Waals surface area (Å²) in [6, 6.07) is 8.27. The fourth-order valence-corrected chi connectivity index (χ4v) is 2.74. The van der Waals surface area contributed by atoms with Crippen molar-refractivity contribution in [1.29, 1.82) is 0 Å². The lowest BCUT2D eigenvalue weighted by Crippen LogP contribution is -2.15. The van der Waals surface area contributed by atoms with Crippen molar-refractivity contribution in [2.45, 2.75) is 6.42 Å². The molecule has 2 aromatic carbocycles. The van der Waals surface area contributed by atoms with Gasteiger partial charge in [0.15, 0.2) is 0 Å². The van der Waals surface area contributed by atoms with Crippen LogP contribution in [0, 0.1) is 0 Å². The van der Waals surface area contributed by atoms with Crippen LogP contribution >= 0.6 is 0 Å². The number of aromatic hydroxyl groups is 2. The normalized spacial score (nSPS) is 12.8. The van der Waals surface area contributed by atoms with Gasteiger partial charge in [-0.15, -0.1) is 0 Å². The number of benzene rings is 2. The first-order valence-corrected chi connectivity index (χ1v) is 6.99. The zero-order valence-corrected chi connectivity index (χ0v) is 12.4. The van der Waals surface area contributed by atoms with Gasteiger partial charge in [0, 0.05) is 11.6 Å². The smallest absolute Gasteiger partial charge is 0.330 e. The summed E-state index contributed by atoms with van der Waals surface area (Å²) in [5, 5.41) is 20.3. The number of esters is 1.